The number of piperidine rings is 1. The van der Waals surface area contributed by atoms with Gasteiger partial charge < -0.3 is 14.6 Å². The molecule has 1 unspecified atom stereocenters. The predicted octanol–water partition coefficient (Wildman–Crippen LogP) is 2.90. The minimum atomic E-state index is -0.961. The van der Waals surface area contributed by atoms with Crippen LogP contribution in [0.1, 0.15) is 58.8 Å². The van der Waals surface area contributed by atoms with Crippen molar-refractivity contribution in [3.8, 4) is 0 Å². The highest BCUT2D eigenvalue weighted by Crippen LogP contribution is 2.79. The first-order valence-electron chi connectivity index (χ1n) is 12.2. The van der Waals surface area contributed by atoms with Crippen molar-refractivity contribution in [2.24, 2.45) is 40.4 Å². The van der Waals surface area contributed by atoms with Crippen LogP contribution >= 0.6 is 0 Å². The topological polar surface area (TPSA) is 76.1 Å². The Bertz CT molecular complexity index is 883. The van der Waals surface area contributed by atoms with Crippen LogP contribution in [0.3, 0.4) is 0 Å². The summed E-state index contributed by atoms with van der Waals surface area (Å²) in [5.41, 5.74) is 1.09. The normalized spacial score (nSPS) is 49.6. The molecule has 170 valence electrons. The second-order valence-electron chi connectivity index (χ2n) is 11.3. The predicted molar refractivity (Wildman–Crippen MR) is 113 cm³/mol. The lowest BCUT2D eigenvalue weighted by atomic mass is 9.42. The van der Waals surface area contributed by atoms with E-state index in [0.717, 1.165) is 51.6 Å². The van der Waals surface area contributed by atoms with Crippen molar-refractivity contribution in [1.29, 1.82) is 0 Å². The van der Waals surface area contributed by atoms with E-state index in [1.807, 2.05) is 0 Å². The van der Waals surface area contributed by atoms with Gasteiger partial charge in [-0.2, -0.15) is 0 Å². The van der Waals surface area contributed by atoms with Crippen LogP contribution in [0.4, 0.5) is 0 Å². The second kappa shape index (κ2) is 6.34. The standard InChI is InChI=1S/C25H35NO5/c1-14-11-26-12-17-6-4-16-5-7-18-19(22(28)30-3)10-24(21(16)18)23(17,13-31-15(2)27)9-8-20(14)25(24,26)29/h14,17-20,29H,4-13H2,1-3H3/t14-,17-,18-,19-,20+,23-,24?,25-/m1/s1. The summed E-state index contributed by atoms with van der Waals surface area (Å²) in [6, 6.07) is 0. The lowest BCUT2D eigenvalue weighted by Gasteiger charge is -2.69. The monoisotopic (exact) mass is 429 g/mol. The van der Waals surface area contributed by atoms with E-state index in [1.54, 1.807) is 0 Å². The van der Waals surface area contributed by atoms with Gasteiger partial charge in [0.05, 0.1) is 19.6 Å². The lowest BCUT2D eigenvalue weighted by molar-refractivity contribution is -0.306. The Kier molecular flexibility index (Phi) is 4.14. The van der Waals surface area contributed by atoms with Gasteiger partial charge in [0.2, 0.25) is 0 Å². The quantitative estimate of drug-likeness (QED) is 0.549. The number of rotatable bonds is 3. The molecule has 6 nitrogen and oxygen atoms in total. The van der Waals surface area contributed by atoms with E-state index in [1.165, 1.54) is 25.2 Å². The summed E-state index contributed by atoms with van der Waals surface area (Å²) < 4.78 is 11.1. The van der Waals surface area contributed by atoms with Gasteiger partial charge in [0, 0.05) is 36.8 Å². The van der Waals surface area contributed by atoms with Crippen LogP contribution in [-0.4, -0.2) is 54.5 Å². The number of methoxy groups -OCH3 is 1. The maximum Gasteiger partial charge on any atom is 0.309 e. The number of carbonyl (C=O) groups is 2. The van der Waals surface area contributed by atoms with E-state index in [-0.39, 0.29) is 35.1 Å². The summed E-state index contributed by atoms with van der Waals surface area (Å²) in [6.45, 7) is 5.91. The van der Waals surface area contributed by atoms with Crippen molar-refractivity contribution < 1.29 is 24.2 Å². The zero-order valence-corrected chi connectivity index (χ0v) is 19.0. The first kappa shape index (κ1) is 20.2. The molecule has 2 heterocycles. The molecule has 0 aromatic rings. The first-order chi connectivity index (χ1) is 14.8. The van der Waals surface area contributed by atoms with Crippen molar-refractivity contribution >= 4 is 11.9 Å². The molecule has 0 radical (unpaired) electrons. The maximum atomic E-state index is 13.0. The van der Waals surface area contributed by atoms with Crippen LogP contribution < -0.4 is 0 Å². The molecular weight excluding hydrogens is 394 g/mol. The molecule has 8 atom stereocenters. The van der Waals surface area contributed by atoms with Gasteiger partial charge in [0.15, 0.2) is 0 Å². The van der Waals surface area contributed by atoms with Crippen molar-refractivity contribution in [2.75, 3.05) is 26.8 Å². The third kappa shape index (κ3) is 2.12. The van der Waals surface area contributed by atoms with E-state index in [0.29, 0.717) is 24.9 Å². The Labute approximate surface area is 184 Å². The van der Waals surface area contributed by atoms with Gasteiger partial charge in [-0.05, 0) is 62.7 Å². The highest BCUT2D eigenvalue weighted by Gasteiger charge is 2.81. The molecule has 6 aliphatic rings. The Balaban J connectivity index is 1.62. The number of hydrogen-bond acceptors (Lipinski definition) is 6. The van der Waals surface area contributed by atoms with Gasteiger partial charge in [-0.1, -0.05) is 18.1 Å². The maximum absolute atomic E-state index is 13.0. The van der Waals surface area contributed by atoms with E-state index in [4.69, 9.17) is 9.47 Å². The van der Waals surface area contributed by atoms with E-state index >= 15 is 0 Å². The van der Waals surface area contributed by atoms with Gasteiger partial charge in [-0.3, -0.25) is 14.5 Å². The van der Waals surface area contributed by atoms with E-state index in [2.05, 4.69) is 11.8 Å². The molecule has 0 aromatic heterocycles. The summed E-state index contributed by atoms with van der Waals surface area (Å²) in [7, 11) is 1.49. The van der Waals surface area contributed by atoms with Crippen molar-refractivity contribution in [2.45, 2.75) is 64.5 Å². The van der Waals surface area contributed by atoms with Gasteiger partial charge in [0.1, 0.15) is 5.72 Å². The molecule has 1 spiro atoms. The molecule has 6 rings (SSSR count). The first-order valence-corrected chi connectivity index (χ1v) is 12.2. The molecule has 0 aromatic carbocycles. The molecule has 2 saturated heterocycles. The van der Waals surface area contributed by atoms with Crippen LogP contribution in [0, 0.1) is 40.4 Å². The second-order valence-corrected chi connectivity index (χ2v) is 11.3. The van der Waals surface area contributed by atoms with Crippen LogP contribution in [0.25, 0.3) is 0 Å². The van der Waals surface area contributed by atoms with Crippen LogP contribution in [0.5, 0.6) is 0 Å². The molecule has 0 amide bonds. The third-order valence-electron chi connectivity index (χ3n) is 10.6. The average molecular weight is 430 g/mol. The zero-order chi connectivity index (χ0) is 21.8. The number of hydrogen-bond donors (Lipinski definition) is 1. The molecule has 4 fully saturated rings. The fourth-order valence-corrected chi connectivity index (χ4v) is 9.73. The molecule has 2 aliphatic heterocycles. The van der Waals surface area contributed by atoms with Crippen LogP contribution in [0.2, 0.25) is 0 Å². The molecule has 1 N–H and O–H groups in total. The minimum absolute atomic E-state index is 0.136. The van der Waals surface area contributed by atoms with Crippen LogP contribution in [-0.2, 0) is 19.1 Å². The smallest absolute Gasteiger partial charge is 0.309 e. The van der Waals surface area contributed by atoms with Crippen molar-refractivity contribution in [3.63, 3.8) is 0 Å². The van der Waals surface area contributed by atoms with Gasteiger partial charge >= 0.3 is 11.9 Å². The number of allylic oxidation sites excluding steroid dienone is 1. The Morgan fingerprint density at radius 1 is 1.19 bits per heavy atom. The highest BCUT2D eigenvalue weighted by atomic mass is 16.5. The zero-order valence-electron chi connectivity index (χ0n) is 19.0. The molecule has 6 heteroatoms. The molecular formula is C25H35NO5. The molecule has 31 heavy (non-hydrogen) atoms. The molecule has 2 saturated carbocycles. The molecule has 4 aliphatic carbocycles. The van der Waals surface area contributed by atoms with Gasteiger partial charge in [0.25, 0.3) is 0 Å². The van der Waals surface area contributed by atoms with Gasteiger partial charge in [-0.15, -0.1) is 0 Å². The minimum Gasteiger partial charge on any atom is -0.469 e. The fraction of sp³-hybridized carbons (Fsp3) is 0.840. The van der Waals surface area contributed by atoms with Gasteiger partial charge in [-0.25, -0.2) is 0 Å². The van der Waals surface area contributed by atoms with E-state index < -0.39 is 11.1 Å². The third-order valence-corrected chi connectivity index (χ3v) is 10.6. The number of ether oxygens (including phenoxy) is 2. The summed E-state index contributed by atoms with van der Waals surface area (Å²) >= 11 is 0. The number of carbonyl (C=O) groups excluding carboxylic acids is 2. The Hall–Kier alpha value is -1.40. The summed E-state index contributed by atoms with van der Waals surface area (Å²) in [6.07, 6.45) is 6.72. The molecule has 4 bridgehead atoms. The van der Waals surface area contributed by atoms with Crippen LogP contribution in [0.15, 0.2) is 11.1 Å². The summed E-state index contributed by atoms with van der Waals surface area (Å²) in [5.74, 6) is 0.557. The number of esters is 2. The van der Waals surface area contributed by atoms with Crippen molar-refractivity contribution in [3.05, 3.63) is 11.1 Å². The average Bonchev–Trinajstić information content (AvgIpc) is 3.36. The Morgan fingerprint density at radius 3 is 2.71 bits per heavy atom. The van der Waals surface area contributed by atoms with Crippen molar-refractivity contribution in [1.82, 2.24) is 4.90 Å². The Morgan fingerprint density at radius 2 is 1.97 bits per heavy atom. The summed E-state index contributed by atoms with van der Waals surface area (Å²) in [5, 5.41) is 12.8. The summed E-state index contributed by atoms with van der Waals surface area (Å²) in [4.78, 5) is 27.4. The SMILES string of the molecule is COC(=O)[C@@H]1CC23C4=C(CC[C@@H]5CN6C[C@@H](C)[C@H](CC[C@@]52COC(C)=O)[C@]63O)CC[C@@H]41. The highest BCUT2D eigenvalue weighted by molar-refractivity contribution is 5.75. The fourth-order valence-electron chi connectivity index (χ4n) is 9.73. The van der Waals surface area contributed by atoms with E-state index in [9.17, 15) is 14.7 Å². The number of aliphatic hydroxyl groups is 1. The largest absolute Gasteiger partial charge is 0.469 e. The number of nitrogens with zero attached hydrogens (tertiary/aromatic N) is 1. The lowest BCUT2D eigenvalue weighted by Crippen LogP contribution is -2.76.